The molecule has 1 aliphatic rings. The van der Waals surface area contributed by atoms with Crippen molar-refractivity contribution >= 4 is 33.6 Å². The van der Waals surface area contributed by atoms with E-state index in [1.54, 1.807) is 25.1 Å². The summed E-state index contributed by atoms with van der Waals surface area (Å²) < 4.78 is 0.807. The molecule has 1 N–H and O–H groups in total. The molecule has 0 radical (unpaired) electrons. The first-order chi connectivity index (χ1) is 11.8. The van der Waals surface area contributed by atoms with Crippen molar-refractivity contribution < 1.29 is 14.5 Å². The zero-order valence-corrected chi connectivity index (χ0v) is 14.8. The molecule has 7 nitrogen and oxygen atoms in total. The van der Waals surface area contributed by atoms with E-state index in [1.165, 1.54) is 24.3 Å². The maximum absolute atomic E-state index is 12.8. The largest absolute Gasteiger partial charge is 0.325 e. The Morgan fingerprint density at radius 2 is 1.88 bits per heavy atom. The molecule has 1 aliphatic heterocycles. The fourth-order valence-electron chi connectivity index (χ4n) is 2.74. The molecular formula is C17H14BrN3O4. The highest BCUT2D eigenvalue weighted by atomic mass is 79.9. The Bertz CT molecular complexity index is 868. The summed E-state index contributed by atoms with van der Waals surface area (Å²) in [6.45, 7) is 1.71. The minimum absolute atomic E-state index is 0.0417. The fraction of sp³-hybridized carbons (Fsp3) is 0.176. The highest BCUT2D eigenvalue weighted by molar-refractivity contribution is 9.10. The van der Waals surface area contributed by atoms with Crippen molar-refractivity contribution in [2.75, 3.05) is 0 Å². The highest BCUT2D eigenvalue weighted by Crippen LogP contribution is 2.31. The van der Waals surface area contributed by atoms with Gasteiger partial charge in [0, 0.05) is 16.6 Å². The molecule has 2 aromatic rings. The summed E-state index contributed by atoms with van der Waals surface area (Å²) in [5, 5.41) is 13.4. The number of rotatable bonds is 4. The SMILES string of the molecule is CC1(c2cccc(Br)c2)NC(=O)N(Cc2ccc([N+](=O)[O-])cc2)C1=O. The van der Waals surface area contributed by atoms with Gasteiger partial charge in [-0.3, -0.25) is 19.8 Å². The van der Waals surface area contributed by atoms with Gasteiger partial charge in [-0.1, -0.05) is 40.2 Å². The number of carbonyl (C=O) groups excluding carboxylic acids is 2. The van der Waals surface area contributed by atoms with Crippen LogP contribution in [0.1, 0.15) is 18.1 Å². The summed E-state index contributed by atoms with van der Waals surface area (Å²) in [6.07, 6.45) is 0. The average Bonchev–Trinajstić information content (AvgIpc) is 2.80. The lowest BCUT2D eigenvalue weighted by molar-refractivity contribution is -0.384. The maximum atomic E-state index is 12.8. The summed E-state index contributed by atoms with van der Waals surface area (Å²) in [7, 11) is 0. The van der Waals surface area contributed by atoms with Crippen molar-refractivity contribution in [1.82, 2.24) is 10.2 Å². The predicted octanol–water partition coefficient (Wildman–Crippen LogP) is 3.32. The standard InChI is InChI=1S/C17H14BrN3O4/c1-17(12-3-2-4-13(18)9-12)15(22)20(16(23)19-17)10-11-5-7-14(8-6-11)21(24)25/h2-9H,10H2,1H3,(H,19,23). The van der Waals surface area contributed by atoms with Crippen LogP contribution in [-0.4, -0.2) is 21.8 Å². The number of nitro groups is 1. The summed E-state index contributed by atoms with van der Waals surface area (Å²) in [5.74, 6) is -0.367. The smallest absolute Gasteiger partial charge is 0.319 e. The molecule has 1 atom stereocenters. The van der Waals surface area contributed by atoms with E-state index in [0.717, 1.165) is 9.37 Å². The van der Waals surface area contributed by atoms with E-state index in [0.29, 0.717) is 11.1 Å². The second-order valence-electron chi connectivity index (χ2n) is 5.88. The molecule has 3 rings (SSSR count). The van der Waals surface area contributed by atoms with Gasteiger partial charge in [0.1, 0.15) is 5.54 Å². The van der Waals surface area contributed by atoms with E-state index in [1.807, 2.05) is 6.07 Å². The molecule has 0 aliphatic carbocycles. The molecule has 1 saturated heterocycles. The predicted molar refractivity (Wildman–Crippen MR) is 93.7 cm³/mol. The monoisotopic (exact) mass is 403 g/mol. The second-order valence-corrected chi connectivity index (χ2v) is 6.80. The lowest BCUT2D eigenvalue weighted by atomic mass is 9.92. The Hall–Kier alpha value is -2.74. The number of hydrogen-bond donors (Lipinski definition) is 1. The Balaban J connectivity index is 1.85. The van der Waals surface area contributed by atoms with Gasteiger partial charge in [0.15, 0.2) is 0 Å². The Morgan fingerprint density at radius 3 is 2.48 bits per heavy atom. The number of amides is 3. The molecule has 3 amide bonds. The third-order valence-electron chi connectivity index (χ3n) is 4.16. The van der Waals surface area contributed by atoms with Crippen LogP contribution in [0.2, 0.25) is 0 Å². The minimum Gasteiger partial charge on any atom is -0.319 e. The fourth-order valence-corrected chi connectivity index (χ4v) is 3.14. The van der Waals surface area contributed by atoms with Crippen LogP contribution < -0.4 is 5.32 Å². The van der Waals surface area contributed by atoms with Crippen molar-refractivity contribution in [3.05, 3.63) is 74.2 Å². The number of imide groups is 1. The number of hydrogen-bond acceptors (Lipinski definition) is 4. The minimum atomic E-state index is -1.15. The lowest BCUT2D eigenvalue weighted by Gasteiger charge is -2.22. The number of non-ortho nitro benzene ring substituents is 1. The Kier molecular flexibility index (Phi) is 4.30. The number of urea groups is 1. The molecule has 0 spiro atoms. The molecular weight excluding hydrogens is 390 g/mol. The number of halogens is 1. The normalized spacial score (nSPS) is 19.8. The summed E-state index contributed by atoms with van der Waals surface area (Å²) in [4.78, 5) is 36.5. The van der Waals surface area contributed by atoms with Gasteiger partial charge in [0.25, 0.3) is 11.6 Å². The third kappa shape index (κ3) is 3.12. The van der Waals surface area contributed by atoms with E-state index >= 15 is 0 Å². The van der Waals surface area contributed by atoms with E-state index in [4.69, 9.17) is 0 Å². The quantitative estimate of drug-likeness (QED) is 0.481. The zero-order chi connectivity index (χ0) is 18.2. The molecule has 0 aromatic heterocycles. The van der Waals surface area contributed by atoms with Crippen LogP contribution in [-0.2, 0) is 16.9 Å². The van der Waals surface area contributed by atoms with Gasteiger partial charge in [-0.25, -0.2) is 4.79 Å². The molecule has 0 bridgehead atoms. The van der Waals surface area contributed by atoms with E-state index < -0.39 is 16.5 Å². The number of nitro benzene ring substituents is 1. The van der Waals surface area contributed by atoms with Gasteiger partial charge in [-0.05, 0) is 30.2 Å². The molecule has 0 saturated carbocycles. The van der Waals surface area contributed by atoms with E-state index in [-0.39, 0.29) is 18.1 Å². The first-order valence-electron chi connectivity index (χ1n) is 7.45. The van der Waals surface area contributed by atoms with Crippen LogP contribution in [0.15, 0.2) is 53.0 Å². The molecule has 1 unspecified atom stereocenters. The second kappa shape index (κ2) is 6.29. The van der Waals surface area contributed by atoms with E-state index in [2.05, 4.69) is 21.2 Å². The Labute approximate surface area is 151 Å². The van der Waals surface area contributed by atoms with Gasteiger partial charge in [-0.2, -0.15) is 0 Å². The van der Waals surface area contributed by atoms with Gasteiger partial charge in [-0.15, -0.1) is 0 Å². The summed E-state index contributed by atoms with van der Waals surface area (Å²) in [5.41, 5.74) is 0.112. The highest BCUT2D eigenvalue weighted by Gasteiger charge is 2.48. The molecule has 8 heteroatoms. The zero-order valence-electron chi connectivity index (χ0n) is 13.2. The topological polar surface area (TPSA) is 92.6 Å². The third-order valence-corrected chi connectivity index (χ3v) is 4.66. The maximum Gasteiger partial charge on any atom is 0.325 e. The molecule has 2 aromatic carbocycles. The van der Waals surface area contributed by atoms with Crippen LogP contribution in [0.3, 0.4) is 0 Å². The Morgan fingerprint density at radius 1 is 1.20 bits per heavy atom. The van der Waals surface area contributed by atoms with Crippen LogP contribution in [0, 0.1) is 10.1 Å². The van der Waals surface area contributed by atoms with Crippen LogP contribution in [0.25, 0.3) is 0 Å². The van der Waals surface area contributed by atoms with Gasteiger partial charge < -0.3 is 5.32 Å². The van der Waals surface area contributed by atoms with Gasteiger partial charge in [0.2, 0.25) is 0 Å². The van der Waals surface area contributed by atoms with Gasteiger partial charge >= 0.3 is 6.03 Å². The van der Waals surface area contributed by atoms with Crippen molar-refractivity contribution in [2.45, 2.75) is 19.0 Å². The number of carbonyl (C=O) groups is 2. The van der Waals surface area contributed by atoms with Crippen molar-refractivity contribution in [3.8, 4) is 0 Å². The van der Waals surface area contributed by atoms with Crippen molar-refractivity contribution in [1.29, 1.82) is 0 Å². The summed E-state index contributed by atoms with van der Waals surface area (Å²) >= 11 is 3.36. The van der Waals surface area contributed by atoms with Crippen LogP contribution in [0.4, 0.5) is 10.5 Å². The van der Waals surface area contributed by atoms with Crippen molar-refractivity contribution in [2.24, 2.45) is 0 Å². The van der Waals surface area contributed by atoms with Crippen LogP contribution in [0.5, 0.6) is 0 Å². The number of nitrogens with one attached hydrogen (secondary N) is 1. The molecule has 1 heterocycles. The average molecular weight is 404 g/mol. The first kappa shape index (κ1) is 17.1. The van der Waals surface area contributed by atoms with E-state index in [9.17, 15) is 19.7 Å². The molecule has 1 fully saturated rings. The summed E-state index contributed by atoms with van der Waals surface area (Å²) in [6, 6.07) is 12.5. The van der Waals surface area contributed by atoms with Crippen molar-refractivity contribution in [3.63, 3.8) is 0 Å². The van der Waals surface area contributed by atoms with Gasteiger partial charge in [0.05, 0.1) is 11.5 Å². The lowest BCUT2D eigenvalue weighted by Crippen LogP contribution is -2.40. The van der Waals surface area contributed by atoms with Crippen LogP contribution >= 0.6 is 15.9 Å². The first-order valence-corrected chi connectivity index (χ1v) is 8.24. The number of benzene rings is 2. The molecule has 25 heavy (non-hydrogen) atoms. The molecule has 128 valence electrons. The number of nitrogens with zero attached hydrogens (tertiary/aromatic N) is 2.